The van der Waals surface area contributed by atoms with E-state index in [0.29, 0.717) is 17.3 Å². The average Bonchev–Trinajstić information content (AvgIpc) is 2.56. The van der Waals surface area contributed by atoms with Crippen LogP contribution in [0.25, 0.3) is 0 Å². The Balaban J connectivity index is 1.86. The van der Waals surface area contributed by atoms with Gasteiger partial charge in [-0.05, 0) is 30.3 Å². The molecule has 0 spiro atoms. The third kappa shape index (κ3) is 4.85. The molecule has 1 N–H and O–H groups in total. The van der Waals surface area contributed by atoms with Crippen LogP contribution in [0.15, 0.2) is 48.5 Å². The summed E-state index contributed by atoms with van der Waals surface area (Å²) in [6, 6.07) is 12.4. The molecule has 0 aliphatic rings. The Kier molecular flexibility index (Phi) is 5.97. The van der Waals surface area contributed by atoms with E-state index < -0.39 is 11.0 Å². The maximum atomic E-state index is 12.1. The van der Waals surface area contributed by atoms with Gasteiger partial charge in [-0.1, -0.05) is 23.7 Å². The van der Waals surface area contributed by atoms with Gasteiger partial charge in [-0.25, -0.2) is 4.79 Å². The van der Waals surface area contributed by atoms with Crippen molar-refractivity contribution >= 4 is 29.0 Å². The van der Waals surface area contributed by atoms with E-state index in [1.807, 2.05) is 0 Å². The van der Waals surface area contributed by atoms with Crippen LogP contribution in [0.3, 0.4) is 0 Å². The quantitative estimate of drug-likeness (QED) is 0.635. The molecule has 0 unspecified atom stereocenters. The second-order valence-corrected chi connectivity index (χ2v) is 5.36. The molecule has 126 valence electrons. The van der Waals surface area contributed by atoms with Crippen molar-refractivity contribution < 1.29 is 14.5 Å². The normalized spacial score (nSPS) is 10.1. The molecule has 2 aromatic rings. The number of benzene rings is 2. The van der Waals surface area contributed by atoms with Gasteiger partial charge in [0.05, 0.1) is 11.5 Å². The third-order valence-corrected chi connectivity index (χ3v) is 3.45. The summed E-state index contributed by atoms with van der Waals surface area (Å²) in [6.45, 7) is 0.595. The minimum absolute atomic E-state index is 0.151. The third-order valence-electron chi connectivity index (χ3n) is 3.20. The monoisotopic (exact) mass is 349 g/mol. The van der Waals surface area contributed by atoms with Crippen LogP contribution in [-0.2, 0) is 0 Å². The molecule has 2 aromatic carbocycles. The van der Waals surface area contributed by atoms with Gasteiger partial charge in [-0.3, -0.25) is 10.1 Å². The van der Waals surface area contributed by atoms with E-state index in [1.54, 1.807) is 37.4 Å². The number of para-hydroxylation sites is 2. The van der Waals surface area contributed by atoms with Gasteiger partial charge in [0.2, 0.25) is 0 Å². The van der Waals surface area contributed by atoms with E-state index in [-0.39, 0.29) is 18.0 Å². The number of hydrogen-bond acceptors (Lipinski definition) is 4. The zero-order valence-corrected chi connectivity index (χ0v) is 13.7. The van der Waals surface area contributed by atoms with Gasteiger partial charge in [0.25, 0.3) is 5.69 Å². The molecule has 0 aliphatic heterocycles. The van der Waals surface area contributed by atoms with Gasteiger partial charge < -0.3 is 15.0 Å². The van der Waals surface area contributed by atoms with Gasteiger partial charge in [-0.15, -0.1) is 0 Å². The molecule has 0 heterocycles. The smallest absolute Gasteiger partial charge is 0.321 e. The number of nitrogens with one attached hydrogen (secondary N) is 1. The average molecular weight is 350 g/mol. The fraction of sp³-hybridized carbons (Fsp3) is 0.188. The van der Waals surface area contributed by atoms with Gasteiger partial charge in [0, 0.05) is 18.1 Å². The summed E-state index contributed by atoms with van der Waals surface area (Å²) in [4.78, 5) is 23.9. The number of amides is 2. The molecule has 0 atom stereocenters. The van der Waals surface area contributed by atoms with Gasteiger partial charge in [-0.2, -0.15) is 0 Å². The SMILES string of the molecule is CN(CCOc1ccc(Cl)cc1)C(=O)Nc1ccccc1[N+](=O)[O-]. The number of rotatable bonds is 6. The van der Waals surface area contributed by atoms with E-state index in [2.05, 4.69) is 5.32 Å². The maximum Gasteiger partial charge on any atom is 0.321 e. The fourth-order valence-corrected chi connectivity index (χ4v) is 2.01. The predicted molar refractivity (Wildman–Crippen MR) is 91.7 cm³/mol. The number of hydrogen-bond donors (Lipinski definition) is 1. The molecule has 8 heteroatoms. The summed E-state index contributed by atoms with van der Waals surface area (Å²) in [5.74, 6) is 0.645. The number of likely N-dealkylation sites (N-methyl/N-ethyl adjacent to an activating group) is 1. The molecule has 2 amide bonds. The van der Waals surface area contributed by atoms with Crippen LogP contribution in [0.5, 0.6) is 5.75 Å². The first kappa shape index (κ1) is 17.6. The van der Waals surface area contributed by atoms with Crippen molar-refractivity contribution in [3.05, 3.63) is 63.7 Å². The lowest BCUT2D eigenvalue weighted by atomic mass is 10.3. The molecule has 7 nitrogen and oxygen atoms in total. The topological polar surface area (TPSA) is 84.7 Å². The molecule has 0 saturated heterocycles. The molecular formula is C16H16ClN3O4. The first-order chi connectivity index (χ1) is 11.5. The number of nitro groups is 1. The number of nitro benzene ring substituents is 1. The number of nitrogens with zero attached hydrogens (tertiary/aromatic N) is 2. The Bertz CT molecular complexity index is 722. The Morgan fingerprint density at radius 3 is 2.58 bits per heavy atom. The second-order valence-electron chi connectivity index (χ2n) is 4.93. The predicted octanol–water partition coefficient (Wildman–Crippen LogP) is 3.79. The van der Waals surface area contributed by atoms with Crippen LogP contribution in [0.1, 0.15) is 0 Å². The van der Waals surface area contributed by atoms with Gasteiger partial charge in [0.15, 0.2) is 0 Å². The maximum absolute atomic E-state index is 12.1. The summed E-state index contributed by atoms with van der Waals surface area (Å²) in [6.07, 6.45) is 0. The number of carbonyl (C=O) groups excluding carboxylic acids is 1. The second kappa shape index (κ2) is 8.16. The van der Waals surface area contributed by atoms with Crippen LogP contribution in [0, 0.1) is 10.1 Å². The zero-order chi connectivity index (χ0) is 17.5. The Morgan fingerprint density at radius 2 is 1.92 bits per heavy atom. The zero-order valence-electron chi connectivity index (χ0n) is 12.9. The first-order valence-electron chi connectivity index (χ1n) is 7.11. The highest BCUT2D eigenvalue weighted by Gasteiger charge is 2.16. The summed E-state index contributed by atoms with van der Waals surface area (Å²) in [5, 5.41) is 14.1. The lowest BCUT2D eigenvalue weighted by molar-refractivity contribution is -0.383. The van der Waals surface area contributed by atoms with E-state index in [4.69, 9.17) is 16.3 Å². The Hall–Kier alpha value is -2.80. The van der Waals surface area contributed by atoms with Crippen molar-refractivity contribution in [3.63, 3.8) is 0 Å². The lowest BCUT2D eigenvalue weighted by Crippen LogP contribution is -2.34. The molecular weight excluding hydrogens is 334 g/mol. The summed E-state index contributed by atoms with van der Waals surface area (Å²) in [5.41, 5.74) is -0.00497. The van der Waals surface area contributed by atoms with Gasteiger partial charge >= 0.3 is 6.03 Å². The first-order valence-corrected chi connectivity index (χ1v) is 7.49. The van der Waals surface area contributed by atoms with Crippen LogP contribution in [0.2, 0.25) is 5.02 Å². The Labute approximate surface area is 143 Å². The van der Waals surface area contributed by atoms with Crippen LogP contribution in [0.4, 0.5) is 16.2 Å². The van der Waals surface area contributed by atoms with E-state index in [1.165, 1.54) is 23.1 Å². The number of urea groups is 1. The Morgan fingerprint density at radius 1 is 1.25 bits per heavy atom. The summed E-state index contributed by atoms with van der Waals surface area (Å²) < 4.78 is 5.51. The molecule has 0 aromatic heterocycles. The molecule has 0 saturated carbocycles. The standard InChI is InChI=1S/C16H16ClN3O4/c1-19(10-11-24-13-8-6-12(17)7-9-13)16(21)18-14-4-2-3-5-15(14)20(22)23/h2-9H,10-11H2,1H3,(H,18,21). The molecule has 0 bridgehead atoms. The van der Waals surface area contributed by atoms with E-state index in [0.717, 1.165) is 0 Å². The number of halogens is 1. The highest BCUT2D eigenvalue weighted by Crippen LogP contribution is 2.23. The fourth-order valence-electron chi connectivity index (χ4n) is 1.88. The molecule has 2 rings (SSSR count). The van der Waals surface area contributed by atoms with E-state index >= 15 is 0 Å². The largest absolute Gasteiger partial charge is 0.492 e. The van der Waals surface area contributed by atoms with Crippen LogP contribution < -0.4 is 10.1 Å². The number of carbonyl (C=O) groups is 1. The molecule has 0 radical (unpaired) electrons. The van der Waals surface area contributed by atoms with Crippen molar-refractivity contribution in [1.29, 1.82) is 0 Å². The molecule has 0 aliphatic carbocycles. The summed E-state index contributed by atoms with van der Waals surface area (Å²) >= 11 is 5.79. The number of anilines is 1. The van der Waals surface area contributed by atoms with Gasteiger partial charge in [0.1, 0.15) is 18.0 Å². The lowest BCUT2D eigenvalue weighted by Gasteiger charge is -2.18. The summed E-state index contributed by atoms with van der Waals surface area (Å²) in [7, 11) is 1.58. The van der Waals surface area contributed by atoms with Crippen LogP contribution in [-0.4, -0.2) is 36.1 Å². The highest BCUT2D eigenvalue weighted by molar-refractivity contribution is 6.30. The van der Waals surface area contributed by atoms with Crippen molar-refractivity contribution in [2.24, 2.45) is 0 Å². The minimum Gasteiger partial charge on any atom is -0.492 e. The van der Waals surface area contributed by atoms with Crippen molar-refractivity contribution in [2.45, 2.75) is 0 Å². The van der Waals surface area contributed by atoms with Crippen molar-refractivity contribution in [1.82, 2.24) is 4.90 Å². The minimum atomic E-state index is -0.542. The molecule has 0 fully saturated rings. The van der Waals surface area contributed by atoms with Crippen LogP contribution >= 0.6 is 11.6 Å². The van der Waals surface area contributed by atoms with Crippen molar-refractivity contribution in [2.75, 3.05) is 25.5 Å². The number of ether oxygens (including phenoxy) is 1. The molecule has 24 heavy (non-hydrogen) atoms. The van der Waals surface area contributed by atoms with E-state index in [9.17, 15) is 14.9 Å². The highest BCUT2D eigenvalue weighted by atomic mass is 35.5. The van der Waals surface area contributed by atoms with Crippen molar-refractivity contribution in [3.8, 4) is 5.75 Å².